The molecule has 2 aliphatic rings. The Labute approximate surface area is 173 Å². The van der Waals surface area contributed by atoms with Crippen LogP contribution >= 0.6 is 0 Å². The number of fused-ring (bicyclic) bond motifs is 2. The van der Waals surface area contributed by atoms with Gasteiger partial charge in [-0.15, -0.1) is 0 Å². The van der Waals surface area contributed by atoms with Crippen LogP contribution in [0.3, 0.4) is 0 Å². The van der Waals surface area contributed by atoms with Crippen LogP contribution in [0, 0.1) is 0 Å². The number of rotatable bonds is 4. The van der Waals surface area contributed by atoms with Gasteiger partial charge in [0.05, 0.1) is 0 Å². The summed E-state index contributed by atoms with van der Waals surface area (Å²) in [7, 11) is 0. The van der Waals surface area contributed by atoms with Crippen molar-refractivity contribution in [1.82, 2.24) is 24.8 Å². The van der Waals surface area contributed by atoms with E-state index in [-0.39, 0.29) is 11.0 Å². The molecule has 0 aliphatic carbocycles. The first kappa shape index (κ1) is 18.5. The molecule has 0 saturated carbocycles. The Morgan fingerprint density at radius 1 is 1.07 bits per heavy atom. The standard InChI is InChI=1S/C22H22N6O2/c29-18(25-13-16-5-2-1-3-6-16)17-14-27-11-7-22(20(27)26-19(17)30)8-12-28(15-22)21-23-9-4-10-24-21/h1-6,9-10,14H,7-8,11-13,15H2,(H,25,29). The molecule has 0 radical (unpaired) electrons. The van der Waals surface area contributed by atoms with Gasteiger partial charge in [-0.1, -0.05) is 30.3 Å². The number of hydrogen-bond donors (Lipinski definition) is 1. The Bertz CT molecular complexity index is 1130. The Balaban J connectivity index is 1.36. The van der Waals surface area contributed by atoms with Crippen molar-refractivity contribution in [2.75, 3.05) is 18.0 Å². The predicted molar refractivity (Wildman–Crippen MR) is 111 cm³/mol. The molecule has 1 fully saturated rings. The van der Waals surface area contributed by atoms with Crippen molar-refractivity contribution >= 4 is 11.9 Å². The highest BCUT2D eigenvalue weighted by Gasteiger charge is 2.46. The summed E-state index contributed by atoms with van der Waals surface area (Å²) in [6.07, 6.45) is 6.91. The Kier molecular flexibility index (Phi) is 4.54. The number of nitrogens with one attached hydrogen (secondary N) is 1. The molecule has 1 spiro atoms. The SMILES string of the molecule is O=C(NCc1ccccc1)c1cn2c(nc1=O)C1(CCN(c3ncccn3)C1)CC2. The van der Waals surface area contributed by atoms with Gasteiger partial charge in [0.2, 0.25) is 5.95 Å². The van der Waals surface area contributed by atoms with Crippen LogP contribution in [0.25, 0.3) is 0 Å². The zero-order chi connectivity index (χ0) is 20.6. The van der Waals surface area contributed by atoms with Gasteiger partial charge in [-0.05, 0) is 24.5 Å². The average Bonchev–Trinajstić information content (AvgIpc) is 3.37. The number of amides is 1. The van der Waals surface area contributed by atoms with Crippen molar-refractivity contribution < 1.29 is 4.79 Å². The van der Waals surface area contributed by atoms with E-state index in [9.17, 15) is 9.59 Å². The molecule has 5 rings (SSSR count). The highest BCUT2D eigenvalue weighted by Crippen LogP contribution is 2.41. The van der Waals surface area contributed by atoms with E-state index in [0.717, 1.165) is 43.9 Å². The maximum absolute atomic E-state index is 12.7. The van der Waals surface area contributed by atoms with E-state index >= 15 is 0 Å². The van der Waals surface area contributed by atoms with Crippen LogP contribution in [0.4, 0.5) is 5.95 Å². The van der Waals surface area contributed by atoms with Crippen molar-refractivity contribution in [1.29, 1.82) is 0 Å². The number of hydrogen-bond acceptors (Lipinski definition) is 6. The quantitative estimate of drug-likeness (QED) is 0.711. The first-order chi connectivity index (χ1) is 14.6. The molecule has 1 unspecified atom stereocenters. The van der Waals surface area contributed by atoms with E-state index < -0.39 is 11.5 Å². The van der Waals surface area contributed by atoms with Crippen molar-refractivity contribution in [2.45, 2.75) is 31.3 Å². The monoisotopic (exact) mass is 402 g/mol. The number of carbonyl (C=O) groups is 1. The summed E-state index contributed by atoms with van der Waals surface area (Å²) >= 11 is 0. The maximum atomic E-state index is 12.7. The molecule has 8 nitrogen and oxygen atoms in total. The summed E-state index contributed by atoms with van der Waals surface area (Å²) < 4.78 is 1.97. The van der Waals surface area contributed by atoms with Gasteiger partial charge >= 0.3 is 0 Å². The summed E-state index contributed by atoms with van der Waals surface area (Å²) in [5.74, 6) is 1.08. The fraction of sp³-hybridized carbons (Fsp3) is 0.318. The lowest BCUT2D eigenvalue weighted by Crippen LogP contribution is -2.35. The molecule has 1 N–H and O–H groups in total. The normalized spacial score (nSPS) is 19.8. The summed E-state index contributed by atoms with van der Waals surface area (Å²) in [5.41, 5.74) is 0.404. The fourth-order valence-electron chi connectivity index (χ4n) is 4.45. The summed E-state index contributed by atoms with van der Waals surface area (Å²) in [6.45, 7) is 2.66. The highest BCUT2D eigenvalue weighted by molar-refractivity contribution is 5.93. The highest BCUT2D eigenvalue weighted by atomic mass is 16.2. The van der Waals surface area contributed by atoms with E-state index in [2.05, 4.69) is 25.2 Å². The van der Waals surface area contributed by atoms with E-state index in [1.165, 1.54) is 0 Å². The number of aromatic nitrogens is 4. The van der Waals surface area contributed by atoms with Crippen LogP contribution in [-0.4, -0.2) is 38.5 Å². The predicted octanol–water partition coefficient (Wildman–Crippen LogP) is 1.52. The summed E-state index contributed by atoms with van der Waals surface area (Å²) in [5, 5.41) is 2.82. The molecule has 1 aromatic carbocycles. The minimum atomic E-state index is -0.470. The van der Waals surface area contributed by atoms with Crippen LogP contribution < -0.4 is 15.8 Å². The molecule has 2 aliphatic heterocycles. The second kappa shape index (κ2) is 7.37. The summed E-state index contributed by atoms with van der Waals surface area (Å²) in [6, 6.07) is 11.4. The third-order valence-corrected chi connectivity index (χ3v) is 6.03. The van der Waals surface area contributed by atoms with Crippen molar-refractivity contribution in [3.05, 3.63) is 82.3 Å². The zero-order valence-corrected chi connectivity index (χ0v) is 16.5. The molecule has 3 aromatic rings. The van der Waals surface area contributed by atoms with Gasteiger partial charge in [0.15, 0.2) is 0 Å². The van der Waals surface area contributed by atoms with Crippen LogP contribution in [-0.2, 0) is 18.5 Å². The third kappa shape index (κ3) is 3.24. The topological polar surface area (TPSA) is 93.0 Å². The molecular weight excluding hydrogens is 380 g/mol. The first-order valence-corrected chi connectivity index (χ1v) is 10.1. The van der Waals surface area contributed by atoms with Gasteiger partial charge in [-0.3, -0.25) is 9.59 Å². The van der Waals surface area contributed by atoms with Gasteiger partial charge < -0.3 is 14.8 Å². The average molecular weight is 402 g/mol. The van der Waals surface area contributed by atoms with Crippen LogP contribution in [0.2, 0.25) is 0 Å². The van der Waals surface area contributed by atoms with E-state index in [4.69, 9.17) is 0 Å². The van der Waals surface area contributed by atoms with Crippen molar-refractivity contribution in [2.24, 2.45) is 0 Å². The molecule has 30 heavy (non-hydrogen) atoms. The van der Waals surface area contributed by atoms with Gasteiger partial charge in [0, 0.05) is 50.2 Å². The Morgan fingerprint density at radius 3 is 2.63 bits per heavy atom. The first-order valence-electron chi connectivity index (χ1n) is 10.1. The summed E-state index contributed by atoms with van der Waals surface area (Å²) in [4.78, 5) is 40.5. The van der Waals surface area contributed by atoms with E-state index in [1.807, 2.05) is 34.9 Å². The van der Waals surface area contributed by atoms with Gasteiger partial charge in [0.25, 0.3) is 11.5 Å². The smallest absolute Gasteiger partial charge is 0.285 e. The lowest BCUT2D eigenvalue weighted by atomic mass is 9.85. The Morgan fingerprint density at radius 2 is 1.83 bits per heavy atom. The number of benzene rings is 1. The minimum absolute atomic E-state index is 0.0907. The van der Waals surface area contributed by atoms with Crippen molar-refractivity contribution in [3.8, 4) is 0 Å². The van der Waals surface area contributed by atoms with E-state index in [1.54, 1.807) is 24.7 Å². The van der Waals surface area contributed by atoms with Gasteiger partial charge in [-0.2, -0.15) is 4.98 Å². The molecule has 4 heterocycles. The third-order valence-electron chi connectivity index (χ3n) is 6.03. The molecule has 1 saturated heterocycles. The van der Waals surface area contributed by atoms with Crippen LogP contribution in [0.1, 0.15) is 34.6 Å². The minimum Gasteiger partial charge on any atom is -0.348 e. The Hall–Kier alpha value is -3.55. The number of anilines is 1. The fourth-order valence-corrected chi connectivity index (χ4v) is 4.45. The maximum Gasteiger partial charge on any atom is 0.285 e. The second-order valence-electron chi connectivity index (χ2n) is 7.90. The molecular formula is C22H22N6O2. The zero-order valence-electron chi connectivity index (χ0n) is 16.5. The van der Waals surface area contributed by atoms with Gasteiger partial charge in [0.1, 0.15) is 11.4 Å². The number of aryl methyl sites for hydroxylation is 1. The number of carbonyl (C=O) groups excluding carboxylic acids is 1. The van der Waals surface area contributed by atoms with Crippen molar-refractivity contribution in [3.63, 3.8) is 0 Å². The molecule has 0 bridgehead atoms. The molecule has 8 heteroatoms. The molecule has 2 aromatic heterocycles. The number of nitrogens with zero attached hydrogens (tertiary/aromatic N) is 5. The van der Waals surface area contributed by atoms with Crippen LogP contribution in [0.5, 0.6) is 0 Å². The lowest BCUT2D eigenvalue weighted by molar-refractivity contribution is 0.0948. The molecule has 152 valence electrons. The second-order valence-corrected chi connectivity index (χ2v) is 7.90. The largest absolute Gasteiger partial charge is 0.348 e. The van der Waals surface area contributed by atoms with E-state index in [0.29, 0.717) is 12.5 Å². The van der Waals surface area contributed by atoms with Gasteiger partial charge in [-0.25, -0.2) is 9.97 Å². The lowest BCUT2D eigenvalue weighted by Gasteiger charge is -2.23. The molecule has 1 atom stereocenters. The van der Waals surface area contributed by atoms with Crippen LogP contribution in [0.15, 0.2) is 59.8 Å². The molecule has 1 amide bonds.